The van der Waals surface area contributed by atoms with E-state index in [1.807, 2.05) is 41.8 Å². The second kappa shape index (κ2) is 7.59. The smallest absolute Gasteiger partial charge is 0.248 e. The van der Waals surface area contributed by atoms with E-state index < -0.39 is 0 Å². The average Bonchev–Trinajstić information content (AvgIpc) is 3.49. The third-order valence-electron chi connectivity index (χ3n) is 5.05. The van der Waals surface area contributed by atoms with Gasteiger partial charge in [-0.1, -0.05) is 35.5 Å². The van der Waals surface area contributed by atoms with Gasteiger partial charge >= 0.3 is 0 Å². The van der Waals surface area contributed by atoms with Crippen molar-refractivity contribution in [1.29, 1.82) is 0 Å². The van der Waals surface area contributed by atoms with Crippen molar-refractivity contribution in [2.45, 2.75) is 25.4 Å². The first-order valence-electron chi connectivity index (χ1n) is 9.48. The zero-order valence-electron chi connectivity index (χ0n) is 15.6. The number of carbonyl (C=O) groups excluding carboxylic acids is 1. The molecule has 8 nitrogen and oxygen atoms in total. The van der Waals surface area contributed by atoms with Crippen LogP contribution in [0.3, 0.4) is 0 Å². The molecule has 0 saturated carbocycles. The van der Waals surface area contributed by atoms with Gasteiger partial charge in [0.15, 0.2) is 5.82 Å². The Bertz CT molecular complexity index is 1140. The maximum absolute atomic E-state index is 13.0. The normalized spacial score (nSPS) is 16.4. The summed E-state index contributed by atoms with van der Waals surface area (Å²) in [4.78, 5) is 24.7. The van der Waals surface area contributed by atoms with Crippen LogP contribution in [-0.2, 0) is 11.3 Å². The molecule has 1 saturated heterocycles. The summed E-state index contributed by atoms with van der Waals surface area (Å²) in [5, 5.41) is 14.1. The fourth-order valence-electron chi connectivity index (χ4n) is 3.71. The fourth-order valence-corrected chi connectivity index (χ4v) is 4.44. The molecule has 0 radical (unpaired) electrons. The number of anilines is 2. The Labute approximate surface area is 171 Å². The molecule has 4 heterocycles. The number of hydrogen-bond acceptors (Lipinski definition) is 7. The van der Waals surface area contributed by atoms with Crippen LogP contribution in [-0.4, -0.2) is 43.5 Å². The Morgan fingerprint density at radius 1 is 1.21 bits per heavy atom. The zero-order valence-corrected chi connectivity index (χ0v) is 16.4. The third-order valence-corrected chi connectivity index (χ3v) is 5.87. The number of nitrogens with one attached hydrogen (secondary N) is 1. The Morgan fingerprint density at radius 2 is 2.10 bits per heavy atom. The van der Waals surface area contributed by atoms with Gasteiger partial charge in [0, 0.05) is 6.54 Å². The van der Waals surface area contributed by atoms with E-state index in [9.17, 15) is 4.79 Å². The lowest BCUT2D eigenvalue weighted by molar-refractivity contribution is -0.117. The highest BCUT2D eigenvalue weighted by Gasteiger charge is 2.33. The first-order valence-corrected chi connectivity index (χ1v) is 10.4. The number of aromatic nitrogens is 5. The van der Waals surface area contributed by atoms with Gasteiger partial charge in [-0.3, -0.25) is 4.79 Å². The number of benzene rings is 1. The molecule has 1 aliphatic heterocycles. The van der Waals surface area contributed by atoms with Gasteiger partial charge in [0.1, 0.15) is 23.0 Å². The van der Waals surface area contributed by atoms with Crippen molar-refractivity contribution in [3.63, 3.8) is 0 Å². The molecule has 1 fully saturated rings. The summed E-state index contributed by atoms with van der Waals surface area (Å²) in [6, 6.07) is 11.7. The summed E-state index contributed by atoms with van der Waals surface area (Å²) in [7, 11) is 0. The minimum absolute atomic E-state index is 0.0868. The molecule has 0 spiro atoms. The number of nitrogens with zero attached hydrogens (tertiary/aromatic N) is 6. The van der Waals surface area contributed by atoms with Crippen LogP contribution in [0.1, 0.15) is 18.4 Å². The van der Waals surface area contributed by atoms with Crippen LogP contribution in [0.25, 0.3) is 10.2 Å². The van der Waals surface area contributed by atoms with Crippen molar-refractivity contribution < 1.29 is 4.79 Å². The first-order chi connectivity index (χ1) is 14.3. The van der Waals surface area contributed by atoms with E-state index in [2.05, 4.69) is 30.5 Å². The van der Waals surface area contributed by atoms with Gasteiger partial charge in [-0.05, 0) is 29.9 Å². The van der Waals surface area contributed by atoms with Crippen molar-refractivity contribution in [3.8, 4) is 0 Å². The van der Waals surface area contributed by atoms with Crippen molar-refractivity contribution in [1.82, 2.24) is 25.0 Å². The maximum atomic E-state index is 13.0. The van der Waals surface area contributed by atoms with Gasteiger partial charge in [-0.15, -0.1) is 16.4 Å². The molecule has 1 N–H and O–H groups in total. The van der Waals surface area contributed by atoms with Crippen molar-refractivity contribution in [2.75, 3.05) is 16.8 Å². The van der Waals surface area contributed by atoms with Crippen molar-refractivity contribution in [2.24, 2.45) is 0 Å². The molecule has 0 aliphatic carbocycles. The predicted molar refractivity (Wildman–Crippen MR) is 112 cm³/mol. The van der Waals surface area contributed by atoms with E-state index in [-0.39, 0.29) is 11.9 Å². The van der Waals surface area contributed by atoms with Crippen molar-refractivity contribution in [3.05, 3.63) is 59.9 Å². The highest BCUT2D eigenvalue weighted by Crippen LogP contribution is 2.32. The summed E-state index contributed by atoms with van der Waals surface area (Å²) >= 11 is 1.58. The van der Waals surface area contributed by atoms with E-state index in [4.69, 9.17) is 0 Å². The van der Waals surface area contributed by atoms with Gasteiger partial charge < -0.3 is 10.2 Å². The second-order valence-electron chi connectivity index (χ2n) is 6.96. The molecule has 1 atom stereocenters. The lowest BCUT2D eigenvalue weighted by atomic mass is 10.2. The standard InChI is InChI=1S/C20H19N7OS/c28-19(23-17-12-26(25-24-17)11-14-5-2-1-3-6-14)16-7-4-9-27(16)18-15-8-10-29-20(15)22-13-21-18/h1-3,5-6,8,10,12-13,16H,4,7,9,11H2,(H,23,28)/t16-/m0/s1. The molecule has 146 valence electrons. The Balaban J connectivity index is 1.31. The van der Waals surface area contributed by atoms with Gasteiger partial charge in [-0.2, -0.15) is 0 Å². The van der Waals surface area contributed by atoms with Crippen LogP contribution < -0.4 is 10.2 Å². The minimum Gasteiger partial charge on any atom is -0.344 e. The maximum Gasteiger partial charge on any atom is 0.248 e. The summed E-state index contributed by atoms with van der Waals surface area (Å²) in [6.45, 7) is 1.40. The van der Waals surface area contributed by atoms with Crippen LogP contribution in [0.4, 0.5) is 11.6 Å². The summed E-state index contributed by atoms with van der Waals surface area (Å²) < 4.78 is 1.72. The van der Waals surface area contributed by atoms with Gasteiger partial charge in [0.25, 0.3) is 0 Å². The van der Waals surface area contributed by atoms with Crippen LogP contribution >= 0.6 is 11.3 Å². The minimum atomic E-state index is -0.285. The largest absolute Gasteiger partial charge is 0.344 e. The molecule has 0 unspecified atom stereocenters. The quantitative estimate of drug-likeness (QED) is 0.549. The highest BCUT2D eigenvalue weighted by molar-refractivity contribution is 7.16. The average molecular weight is 405 g/mol. The number of carbonyl (C=O) groups is 1. The summed E-state index contributed by atoms with van der Waals surface area (Å²) in [5.41, 5.74) is 1.13. The number of fused-ring (bicyclic) bond motifs is 1. The molecular formula is C20H19N7OS. The fraction of sp³-hybridized carbons (Fsp3) is 0.250. The van der Waals surface area contributed by atoms with Gasteiger partial charge in [0.05, 0.1) is 18.1 Å². The van der Waals surface area contributed by atoms with Crippen molar-refractivity contribution >= 4 is 39.1 Å². The third kappa shape index (κ3) is 3.56. The highest BCUT2D eigenvalue weighted by atomic mass is 32.1. The monoisotopic (exact) mass is 405 g/mol. The Kier molecular flexibility index (Phi) is 4.65. The topological polar surface area (TPSA) is 88.8 Å². The molecule has 1 amide bonds. The van der Waals surface area contributed by atoms with E-state index in [0.29, 0.717) is 12.4 Å². The van der Waals surface area contributed by atoms with Gasteiger partial charge in [0.2, 0.25) is 5.91 Å². The molecule has 9 heteroatoms. The van der Waals surface area contributed by atoms with Crippen LogP contribution in [0.15, 0.2) is 54.3 Å². The van der Waals surface area contributed by atoms with Crippen LogP contribution in [0.5, 0.6) is 0 Å². The molecular weight excluding hydrogens is 386 g/mol. The Hall–Kier alpha value is -3.33. The number of hydrogen-bond donors (Lipinski definition) is 1. The molecule has 4 aromatic rings. The van der Waals surface area contributed by atoms with E-state index >= 15 is 0 Å². The molecule has 0 bridgehead atoms. The molecule has 1 aliphatic rings. The molecule has 1 aromatic carbocycles. The second-order valence-corrected chi connectivity index (χ2v) is 7.86. The molecule has 29 heavy (non-hydrogen) atoms. The van der Waals surface area contributed by atoms with Gasteiger partial charge in [-0.25, -0.2) is 14.6 Å². The lowest BCUT2D eigenvalue weighted by Crippen LogP contribution is -2.40. The zero-order chi connectivity index (χ0) is 19.6. The number of amides is 1. The lowest BCUT2D eigenvalue weighted by Gasteiger charge is -2.24. The molecule has 3 aromatic heterocycles. The van der Waals surface area contributed by atoms with E-state index in [1.54, 1.807) is 28.5 Å². The summed E-state index contributed by atoms with van der Waals surface area (Å²) in [6.07, 6.45) is 5.04. The number of thiophene rings is 1. The van der Waals surface area contributed by atoms with E-state index in [0.717, 1.165) is 41.0 Å². The van der Waals surface area contributed by atoms with Crippen LogP contribution in [0, 0.1) is 0 Å². The molecule has 5 rings (SSSR count). The Morgan fingerprint density at radius 3 is 3.00 bits per heavy atom. The predicted octanol–water partition coefficient (Wildman–Crippen LogP) is 2.94. The van der Waals surface area contributed by atoms with Crippen LogP contribution in [0.2, 0.25) is 0 Å². The SMILES string of the molecule is O=C(Nc1cn(Cc2ccccc2)nn1)[C@@H]1CCCN1c1ncnc2sccc12. The summed E-state index contributed by atoms with van der Waals surface area (Å²) in [5.74, 6) is 1.19. The van der Waals surface area contributed by atoms with E-state index in [1.165, 1.54) is 0 Å². The number of rotatable bonds is 5. The first kappa shape index (κ1) is 17.7.